The summed E-state index contributed by atoms with van der Waals surface area (Å²) in [7, 11) is 0. The van der Waals surface area contributed by atoms with Crippen molar-refractivity contribution < 1.29 is 9.52 Å². The topological polar surface area (TPSA) is 45.4 Å². The Labute approximate surface area is 97.9 Å². The van der Waals surface area contributed by atoms with Crippen LogP contribution in [0.3, 0.4) is 0 Å². The van der Waals surface area contributed by atoms with Crippen molar-refractivity contribution in [1.82, 2.24) is 5.32 Å². The molecule has 1 unspecified atom stereocenters. The molecule has 0 aliphatic carbocycles. The van der Waals surface area contributed by atoms with E-state index in [-0.39, 0.29) is 0 Å². The van der Waals surface area contributed by atoms with Crippen molar-refractivity contribution in [2.45, 2.75) is 39.2 Å². The number of furan rings is 1. The smallest absolute Gasteiger partial charge is 0.136 e. The monoisotopic (exact) mass is 225 g/mol. The lowest BCUT2D eigenvalue weighted by molar-refractivity contribution is 0.0334. The summed E-state index contributed by atoms with van der Waals surface area (Å²) in [6, 6.07) is 3.60. The molecule has 0 bridgehead atoms. The number of aliphatic hydroxyl groups is 1. The van der Waals surface area contributed by atoms with Crippen molar-refractivity contribution in [2.24, 2.45) is 5.92 Å². The van der Waals surface area contributed by atoms with E-state index in [2.05, 4.69) is 19.2 Å². The Morgan fingerprint density at radius 3 is 2.62 bits per heavy atom. The van der Waals surface area contributed by atoms with E-state index in [4.69, 9.17) is 4.42 Å². The molecule has 3 nitrogen and oxygen atoms in total. The van der Waals surface area contributed by atoms with Crippen molar-refractivity contribution >= 4 is 0 Å². The number of nitrogens with one attached hydrogen (secondary N) is 1. The number of hydrogen-bond donors (Lipinski definition) is 2. The van der Waals surface area contributed by atoms with Gasteiger partial charge in [0.25, 0.3) is 0 Å². The second-order valence-corrected chi connectivity index (χ2v) is 4.56. The zero-order valence-electron chi connectivity index (χ0n) is 10.5. The molecule has 1 atom stereocenters. The van der Waals surface area contributed by atoms with Gasteiger partial charge in [-0.2, -0.15) is 0 Å². The van der Waals surface area contributed by atoms with Gasteiger partial charge in [-0.25, -0.2) is 0 Å². The highest BCUT2D eigenvalue weighted by Gasteiger charge is 2.25. The highest BCUT2D eigenvalue weighted by atomic mass is 16.4. The molecule has 3 heteroatoms. The van der Waals surface area contributed by atoms with E-state index in [1.165, 1.54) is 12.8 Å². The lowest BCUT2D eigenvalue weighted by Gasteiger charge is -2.23. The van der Waals surface area contributed by atoms with E-state index in [1.807, 2.05) is 0 Å². The van der Waals surface area contributed by atoms with Crippen LogP contribution in [0.5, 0.6) is 0 Å². The Balaban J connectivity index is 2.37. The zero-order valence-corrected chi connectivity index (χ0v) is 10.5. The average Bonchev–Trinajstić information content (AvgIpc) is 2.78. The Bertz CT molecular complexity index is 276. The van der Waals surface area contributed by atoms with E-state index in [9.17, 15) is 5.11 Å². The predicted molar refractivity (Wildman–Crippen MR) is 65.2 cm³/mol. The Hall–Kier alpha value is -0.800. The predicted octanol–water partition coefficient (Wildman–Crippen LogP) is 2.51. The summed E-state index contributed by atoms with van der Waals surface area (Å²) in [5.41, 5.74) is -0.921. The van der Waals surface area contributed by atoms with Gasteiger partial charge in [0.1, 0.15) is 11.4 Å². The number of hydrogen-bond acceptors (Lipinski definition) is 3. The summed E-state index contributed by atoms with van der Waals surface area (Å²) in [6.45, 7) is 7.63. The van der Waals surface area contributed by atoms with Gasteiger partial charge in [-0.1, -0.05) is 26.7 Å². The van der Waals surface area contributed by atoms with E-state index in [0.717, 1.165) is 6.54 Å². The van der Waals surface area contributed by atoms with Gasteiger partial charge in [-0.15, -0.1) is 0 Å². The van der Waals surface area contributed by atoms with Crippen molar-refractivity contribution in [3.8, 4) is 0 Å². The lowest BCUT2D eigenvalue weighted by Crippen LogP contribution is -2.37. The van der Waals surface area contributed by atoms with Crippen molar-refractivity contribution in [3.05, 3.63) is 24.2 Å². The average molecular weight is 225 g/mol. The molecular formula is C13H23NO2. The second kappa shape index (κ2) is 6.06. The molecule has 0 saturated carbocycles. The molecule has 1 aromatic rings. The summed E-state index contributed by atoms with van der Waals surface area (Å²) < 4.78 is 5.22. The van der Waals surface area contributed by atoms with E-state index in [1.54, 1.807) is 25.3 Å². The summed E-state index contributed by atoms with van der Waals surface area (Å²) in [4.78, 5) is 0. The quantitative estimate of drug-likeness (QED) is 0.749. The maximum Gasteiger partial charge on any atom is 0.136 e. The van der Waals surface area contributed by atoms with Gasteiger partial charge in [0.2, 0.25) is 0 Å². The van der Waals surface area contributed by atoms with Gasteiger partial charge in [-0.05, 0) is 31.5 Å². The third-order valence-electron chi connectivity index (χ3n) is 3.11. The Kier molecular flexibility index (Phi) is 5.03. The van der Waals surface area contributed by atoms with Gasteiger partial charge < -0.3 is 14.8 Å². The molecule has 0 fully saturated rings. The first-order valence-electron chi connectivity index (χ1n) is 6.07. The van der Waals surface area contributed by atoms with E-state index >= 15 is 0 Å². The Morgan fingerprint density at radius 1 is 1.44 bits per heavy atom. The summed E-state index contributed by atoms with van der Waals surface area (Å²) >= 11 is 0. The van der Waals surface area contributed by atoms with Crippen LogP contribution >= 0.6 is 0 Å². The van der Waals surface area contributed by atoms with Crippen LogP contribution in [0.4, 0.5) is 0 Å². The van der Waals surface area contributed by atoms with Crippen LogP contribution in [0.25, 0.3) is 0 Å². The minimum atomic E-state index is -0.921. The normalized spacial score (nSPS) is 15.3. The standard InChI is InChI=1S/C13H23NO2/c1-4-11(5-2)9-14-10-13(3,15)12-7-6-8-16-12/h6-8,11,14-15H,4-5,9-10H2,1-3H3. The highest BCUT2D eigenvalue weighted by Crippen LogP contribution is 2.19. The van der Waals surface area contributed by atoms with Crippen LogP contribution in [0, 0.1) is 5.92 Å². The first-order chi connectivity index (χ1) is 7.60. The fourth-order valence-corrected chi connectivity index (χ4v) is 1.77. The van der Waals surface area contributed by atoms with Crippen LogP contribution in [0.2, 0.25) is 0 Å². The van der Waals surface area contributed by atoms with Crippen molar-refractivity contribution in [1.29, 1.82) is 0 Å². The minimum absolute atomic E-state index is 0.525. The highest BCUT2D eigenvalue weighted by molar-refractivity contribution is 5.08. The molecule has 0 amide bonds. The molecule has 0 spiro atoms. The third-order valence-corrected chi connectivity index (χ3v) is 3.11. The van der Waals surface area contributed by atoms with E-state index < -0.39 is 5.60 Å². The van der Waals surface area contributed by atoms with Gasteiger partial charge >= 0.3 is 0 Å². The number of rotatable bonds is 7. The molecule has 2 N–H and O–H groups in total. The minimum Gasteiger partial charge on any atom is -0.466 e. The van der Waals surface area contributed by atoms with Crippen LogP contribution in [0.15, 0.2) is 22.8 Å². The van der Waals surface area contributed by atoms with Gasteiger partial charge in [0, 0.05) is 6.54 Å². The van der Waals surface area contributed by atoms with Crippen LogP contribution in [-0.4, -0.2) is 18.2 Å². The van der Waals surface area contributed by atoms with Crippen molar-refractivity contribution in [3.63, 3.8) is 0 Å². The molecule has 1 rings (SSSR count). The van der Waals surface area contributed by atoms with Crippen LogP contribution in [-0.2, 0) is 5.60 Å². The van der Waals surface area contributed by atoms with Crippen LogP contribution in [0.1, 0.15) is 39.4 Å². The van der Waals surface area contributed by atoms with Crippen LogP contribution < -0.4 is 5.32 Å². The molecule has 16 heavy (non-hydrogen) atoms. The summed E-state index contributed by atoms with van der Waals surface area (Å²) in [5, 5.41) is 13.5. The first-order valence-corrected chi connectivity index (χ1v) is 6.07. The molecule has 0 saturated heterocycles. The summed E-state index contributed by atoms with van der Waals surface area (Å²) in [6.07, 6.45) is 3.93. The van der Waals surface area contributed by atoms with Gasteiger partial charge in [0.15, 0.2) is 0 Å². The molecule has 1 heterocycles. The zero-order chi connectivity index (χ0) is 12.0. The summed E-state index contributed by atoms with van der Waals surface area (Å²) in [5.74, 6) is 1.30. The Morgan fingerprint density at radius 2 is 2.12 bits per heavy atom. The molecule has 0 aliphatic heterocycles. The SMILES string of the molecule is CCC(CC)CNCC(C)(O)c1ccco1. The lowest BCUT2D eigenvalue weighted by atomic mass is 10.0. The first kappa shape index (κ1) is 13.3. The van der Waals surface area contributed by atoms with E-state index in [0.29, 0.717) is 18.2 Å². The van der Waals surface area contributed by atoms with Crippen molar-refractivity contribution in [2.75, 3.05) is 13.1 Å². The van der Waals surface area contributed by atoms with Gasteiger partial charge in [0.05, 0.1) is 6.26 Å². The fraction of sp³-hybridized carbons (Fsp3) is 0.692. The maximum absolute atomic E-state index is 10.2. The molecular weight excluding hydrogens is 202 g/mol. The second-order valence-electron chi connectivity index (χ2n) is 4.56. The molecule has 0 radical (unpaired) electrons. The molecule has 0 aliphatic rings. The fourth-order valence-electron chi connectivity index (χ4n) is 1.77. The van der Waals surface area contributed by atoms with Gasteiger partial charge in [-0.3, -0.25) is 0 Å². The molecule has 1 aromatic heterocycles. The molecule has 92 valence electrons. The third kappa shape index (κ3) is 3.65. The molecule has 0 aromatic carbocycles. The largest absolute Gasteiger partial charge is 0.466 e. The maximum atomic E-state index is 10.2.